The van der Waals surface area contributed by atoms with E-state index in [1.165, 1.54) is 5.56 Å². The number of ether oxygens (including phenoxy) is 2. The Morgan fingerprint density at radius 1 is 0.720 bits per heavy atom. The summed E-state index contributed by atoms with van der Waals surface area (Å²) in [5, 5.41) is 4.13. The smallest absolute Gasteiger partial charge is 0.122 e. The molecule has 128 valence electrons. The van der Waals surface area contributed by atoms with Crippen molar-refractivity contribution < 1.29 is 9.47 Å². The molecule has 0 amide bonds. The van der Waals surface area contributed by atoms with Crippen molar-refractivity contribution in [3.05, 3.63) is 89.4 Å². The predicted octanol–water partition coefficient (Wildman–Crippen LogP) is 5.41. The van der Waals surface area contributed by atoms with Crippen LogP contribution in [0.25, 0.3) is 0 Å². The fourth-order valence-electron chi connectivity index (χ4n) is 2.34. The van der Waals surface area contributed by atoms with Crippen molar-refractivity contribution in [3.63, 3.8) is 0 Å². The molecule has 0 atom stereocenters. The highest BCUT2D eigenvalue weighted by Gasteiger charge is 1.99. The van der Waals surface area contributed by atoms with E-state index in [4.69, 9.17) is 21.1 Å². The van der Waals surface area contributed by atoms with Gasteiger partial charge in [-0.05, 0) is 42.0 Å². The standard InChI is InChI=1S/C21H20ClNO2/c22-18-11-9-17(10-12-18)16-23-19-5-4-8-21(15-19)25-14-13-24-20-6-2-1-3-7-20/h1-12,15,23H,13-14,16H2. The van der Waals surface area contributed by atoms with Gasteiger partial charge in [-0.3, -0.25) is 0 Å². The normalized spacial score (nSPS) is 10.3. The van der Waals surface area contributed by atoms with Gasteiger partial charge in [0.05, 0.1) is 0 Å². The lowest BCUT2D eigenvalue weighted by Gasteiger charge is -2.11. The minimum absolute atomic E-state index is 0.496. The molecule has 0 aliphatic heterocycles. The van der Waals surface area contributed by atoms with Crippen molar-refractivity contribution in [1.29, 1.82) is 0 Å². The number of benzene rings is 3. The minimum atomic E-state index is 0.496. The highest BCUT2D eigenvalue weighted by Crippen LogP contribution is 2.19. The monoisotopic (exact) mass is 353 g/mol. The van der Waals surface area contributed by atoms with E-state index in [1.807, 2.05) is 78.9 Å². The Kier molecular flexibility index (Phi) is 6.18. The fourth-order valence-corrected chi connectivity index (χ4v) is 2.46. The molecular weight excluding hydrogens is 334 g/mol. The minimum Gasteiger partial charge on any atom is -0.490 e. The van der Waals surface area contributed by atoms with Crippen LogP contribution in [0.15, 0.2) is 78.9 Å². The van der Waals surface area contributed by atoms with Gasteiger partial charge in [0.2, 0.25) is 0 Å². The summed E-state index contributed by atoms with van der Waals surface area (Å²) in [6.45, 7) is 1.74. The van der Waals surface area contributed by atoms with Crippen LogP contribution in [-0.2, 0) is 6.54 Å². The van der Waals surface area contributed by atoms with Crippen molar-refractivity contribution in [2.24, 2.45) is 0 Å². The second-order valence-electron chi connectivity index (χ2n) is 5.52. The Bertz CT molecular complexity index is 775. The largest absolute Gasteiger partial charge is 0.490 e. The average molecular weight is 354 g/mol. The molecule has 3 aromatic carbocycles. The van der Waals surface area contributed by atoms with Gasteiger partial charge in [0.25, 0.3) is 0 Å². The van der Waals surface area contributed by atoms with Crippen LogP contribution in [0.3, 0.4) is 0 Å². The van der Waals surface area contributed by atoms with E-state index >= 15 is 0 Å². The Labute approximate surface area is 153 Å². The van der Waals surface area contributed by atoms with Gasteiger partial charge >= 0.3 is 0 Å². The number of halogens is 1. The summed E-state index contributed by atoms with van der Waals surface area (Å²) in [6, 6.07) is 25.4. The Morgan fingerprint density at radius 3 is 2.16 bits per heavy atom. The number of rotatable bonds is 8. The zero-order valence-electron chi connectivity index (χ0n) is 13.8. The van der Waals surface area contributed by atoms with E-state index in [9.17, 15) is 0 Å². The molecule has 0 aliphatic rings. The second-order valence-corrected chi connectivity index (χ2v) is 5.95. The third-order valence-corrected chi connectivity index (χ3v) is 3.86. The van der Waals surface area contributed by atoms with Crippen LogP contribution < -0.4 is 14.8 Å². The molecule has 0 aromatic heterocycles. The van der Waals surface area contributed by atoms with E-state index in [0.717, 1.165) is 28.8 Å². The van der Waals surface area contributed by atoms with Crippen molar-refractivity contribution >= 4 is 17.3 Å². The van der Waals surface area contributed by atoms with E-state index < -0.39 is 0 Å². The average Bonchev–Trinajstić information content (AvgIpc) is 2.66. The molecular formula is C21H20ClNO2. The van der Waals surface area contributed by atoms with Crippen LogP contribution in [0.2, 0.25) is 5.02 Å². The topological polar surface area (TPSA) is 30.5 Å². The number of nitrogens with one attached hydrogen (secondary N) is 1. The summed E-state index contributed by atoms with van der Waals surface area (Å²) >= 11 is 5.90. The molecule has 0 spiro atoms. The Morgan fingerprint density at radius 2 is 1.40 bits per heavy atom. The van der Waals surface area contributed by atoms with Crippen LogP contribution in [-0.4, -0.2) is 13.2 Å². The summed E-state index contributed by atoms with van der Waals surface area (Å²) < 4.78 is 11.4. The maximum atomic E-state index is 5.90. The molecule has 4 heteroatoms. The second kappa shape index (κ2) is 9.00. The van der Waals surface area contributed by atoms with E-state index in [1.54, 1.807) is 0 Å². The molecule has 3 rings (SSSR count). The summed E-state index contributed by atoms with van der Waals surface area (Å²) in [7, 11) is 0. The lowest BCUT2D eigenvalue weighted by Crippen LogP contribution is -2.09. The summed E-state index contributed by atoms with van der Waals surface area (Å²) in [5.41, 5.74) is 2.18. The van der Waals surface area contributed by atoms with Gasteiger partial charge in [-0.1, -0.05) is 48.0 Å². The Balaban J connectivity index is 1.45. The molecule has 0 heterocycles. The van der Waals surface area contributed by atoms with Crippen LogP contribution in [0, 0.1) is 0 Å². The van der Waals surface area contributed by atoms with Crippen molar-refractivity contribution in [2.45, 2.75) is 6.54 Å². The molecule has 0 radical (unpaired) electrons. The van der Waals surface area contributed by atoms with Crippen LogP contribution in [0.5, 0.6) is 11.5 Å². The molecule has 1 N–H and O–H groups in total. The van der Waals surface area contributed by atoms with E-state index in [-0.39, 0.29) is 0 Å². The van der Waals surface area contributed by atoms with Crippen LogP contribution in [0.1, 0.15) is 5.56 Å². The SMILES string of the molecule is Clc1ccc(CNc2cccc(OCCOc3ccccc3)c2)cc1. The third-order valence-electron chi connectivity index (χ3n) is 3.61. The predicted molar refractivity (Wildman–Crippen MR) is 103 cm³/mol. The fraction of sp³-hybridized carbons (Fsp3) is 0.143. The van der Waals surface area contributed by atoms with Crippen molar-refractivity contribution in [3.8, 4) is 11.5 Å². The van der Waals surface area contributed by atoms with Gasteiger partial charge in [-0.25, -0.2) is 0 Å². The third kappa shape index (κ3) is 5.73. The first-order valence-electron chi connectivity index (χ1n) is 8.19. The number of para-hydroxylation sites is 1. The molecule has 3 aromatic rings. The van der Waals surface area contributed by atoms with Gasteiger partial charge in [0, 0.05) is 23.3 Å². The van der Waals surface area contributed by atoms with Gasteiger partial charge < -0.3 is 14.8 Å². The first kappa shape index (κ1) is 17.2. The maximum Gasteiger partial charge on any atom is 0.122 e. The number of hydrogen-bond acceptors (Lipinski definition) is 3. The van der Waals surface area contributed by atoms with Gasteiger partial charge in [-0.15, -0.1) is 0 Å². The zero-order valence-corrected chi connectivity index (χ0v) is 14.6. The molecule has 3 nitrogen and oxygen atoms in total. The van der Waals surface area contributed by atoms with Crippen molar-refractivity contribution in [1.82, 2.24) is 0 Å². The van der Waals surface area contributed by atoms with Gasteiger partial charge in [0.15, 0.2) is 0 Å². The van der Waals surface area contributed by atoms with Crippen molar-refractivity contribution in [2.75, 3.05) is 18.5 Å². The molecule has 0 saturated heterocycles. The molecule has 0 aliphatic carbocycles. The summed E-state index contributed by atoms with van der Waals surface area (Å²) in [5.74, 6) is 1.67. The summed E-state index contributed by atoms with van der Waals surface area (Å²) in [4.78, 5) is 0. The molecule has 0 saturated carbocycles. The first-order valence-corrected chi connectivity index (χ1v) is 8.56. The van der Waals surface area contributed by atoms with Crippen LogP contribution in [0.4, 0.5) is 5.69 Å². The quantitative estimate of drug-likeness (QED) is 0.549. The highest BCUT2D eigenvalue weighted by atomic mass is 35.5. The molecule has 0 fully saturated rings. The van der Waals surface area contributed by atoms with Gasteiger partial charge in [0.1, 0.15) is 24.7 Å². The van der Waals surface area contributed by atoms with Crippen LogP contribution >= 0.6 is 11.6 Å². The highest BCUT2D eigenvalue weighted by molar-refractivity contribution is 6.30. The molecule has 25 heavy (non-hydrogen) atoms. The number of hydrogen-bond donors (Lipinski definition) is 1. The van der Waals surface area contributed by atoms with E-state index in [0.29, 0.717) is 13.2 Å². The lowest BCUT2D eigenvalue weighted by atomic mass is 10.2. The molecule has 0 unspecified atom stereocenters. The molecule has 0 bridgehead atoms. The Hall–Kier alpha value is -2.65. The lowest BCUT2D eigenvalue weighted by molar-refractivity contribution is 0.217. The zero-order chi connectivity index (χ0) is 17.3. The summed E-state index contributed by atoms with van der Waals surface area (Å²) in [6.07, 6.45) is 0. The van der Waals surface area contributed by atoms with Gasteiger partial charge in [-0.2, -0.15) is 0 Å². The number of anilines is 1. The first-order chi connectivity index (χ1) is 12.3. The maximum absolute atomic E-state index is 5.90. The van der Waals surface area contributed by atoms with E-state index in [2.05, 4.69) is 5.32 Å².